The van der Waals surface area contributed by atoms with Gasteiger partial charge in [-0.05, 0) is 5.41 Å². The second-order valence-corrected chi connectivity index (χ2v) is 4.47. The SMILES string of the molecule is CC(C)(C)Cn1ncc(C(=O)O)c1N. The van der Waals surface area contributed by atoms with Crippen LogP contribution in [0.3, 0.4) is 0 Å². The predicted molar refractivity (Wildman–Crippen MR) is 53.1 cm³/mol. The molecule has 5 heteroatoms. The highest BCUT2D eigenvalue weighted by Gasteiger charge is 2.18. The third kappa shape index (κ3) is 2.25. The van der Waals surface area contributed by atoms with Gasteiger partial charge in [-0.3, -0.25) is 0 Å². The van der Waals surface area contributed by atoms with Crippen molar-refractivity contribution in [3.8, 4) is 0 Å². The molecule has 1 aromatic rings. The first-order valence-electron chi connectivity index (χ1n) is 4.36. The topological polar surface area (TPSA) is 81.1 Å². The van der Waals surface area contributed by atoms with Crippen molar-refractivity contribution in [3.63, 3.8) is 0 Å². The van der Waals surface area contributed by atoms with Crippen LogP contribution in [0, 0.1) is 5.41 Å². The van der Waals surface area contributed by atoms with E-state index in [1.54, 1.807) is 0 Å². The Morgan fingerprint density at radius 3 is 2.57 bits per heavy atom. The number of carboxylic acid groups (broad SMARTS) is 1. The van der Waals surface area contributed by atoms with E-state index in [0.29, 0.717) is 6.54 Å². The molecular weight excluding hydrogens is 182 g/mol. The highest BCUT2D eigenvalue weighted by molar-refractivity contribution is 5.92. The molecule has 0 saturated heterocycles. The number of carboxylic acids is 1. The lowest BCUT2D eigenvalue weighted by Gasteiger charge is -2.18. The minimum Gasteiger partial charge on any atom is -0.477 e. The number of rotatable bonds is 2. The number of anilines is 1. The standard InChI is InChI=1S/C9H15N3O2/c1-9(2,3)5-12-7(10)6(4-11-12)8(13)14/h4H,5,10H2,1-3H3,(H,13,14). The van der Waals surface area contributed by atoms with Gasteiger partial charge in [0.1, 0.15) is 11.4 Å². The Morgan fingerprint density at radius 1 is 1.64 bits per heavy atom. The zero-order valence-corrected chi connectivity index (χ0v) is 8.61. The summed E-state index contributed by atoms with van der Waals surface area (Å²) in [6, 6.07) is 0. The fraction of sp³-hybridized carbons (Fsp3) is 0.556. The second kappa shape index (κ2) is 3.32. The van der Waals surface area contributed by atoms with Gasteiger partial charge in [0.25, 0.3) is 0 Å². The molecule has 14 heavy (non-hydrogen) atoms. The Hall–Kier alpha value is -1.52. The number of nitrogen functional groups attached to an aromatic ring is 1. The van der Waals surface area contributed by atoms with Crippen molar-refractivity contribution >= 4 is 11.8 Å². The highest BCUT2D eigenvalue weighted by atomic mass is 16.4. The van der Waals surface area contributed by atoms with Crippen molar-refractivity contribution in [2.75, 3.05) is 5.73 Å². The lowest BCUT2D eigenvalue weighted by Crippen LogP contribution is -2.18. The molecule has 0 amide bonds. The Bertz CT molecular complexity index is 349. The molecule has 0 aromatic carbocycles. The molecule has 0 aliphatic carbocycles. The van der Waals surface area contributed by atoms with E-state index >= 15 is 0 Å². The Morgan fingerprint density at radius 2 is 2.21 bits per heavy atom. The van der Waals surface area contributed by atoms with Crippen LogP contribution in [0.25, 0.3) is 0 Å². The molecule has 1 heterocycles. The third-order valence-electron chi connectivity index (χ3n) is 1.73. The molecule has 0 spiro atoms. The van der Waals surface area contributed by atoms with Gasteiger partial charge in [0.15, 0.2) is 0 Å². The maximum absolute atomic E-state index is 10.7. The van der Waals surface area contributed by atoms with Crippen molar-refractivity contribution in [2.45, 2.75) is 27.3 Å². The summed E-state index contributed by atoms with van der Waals surface area (Å²) in [5, 5.41) is 12.7. The number of aromatic nitrogens is 2. The van der Waals surface area contributed by atoms with Crippen LogP contribution in [0.1, 0.15) is 31.1 Å². The number of aromatic carboxylic acids is 1. The molecule has 0 radical (unpaired) electrons. The van der Waals surface area contributed by atoms with Crippen molar-refractivity contribution in [2.24, 2.45) is 5.41 Å². The number of nitrogens with two attached hydrogens (primary N) is 1. The smallest absolute Gasteiger partial charge is 0.341 e. The largest absolute Gasteiger partial charge is 0.477 e. The normalized spacial score (nSPS) is 11.6. The van der Waals surface area contributed by atoms with Gasteiger partial charge in [0.05, 0.1) is 6.20 Å². The van der Waals surface area contributed by atoms with Crippen LogP contribution in [-0.4, -0.2) is 20.9 Å². The summed E-state index contributed by atoms with van der Waals surface area (Å²) in [4.78, 5) is 10.7. The average molecular weight is 197 g/mol. The second-order valence-electron chi connectivity index (χ2n) is 4.47. The summed E-state index contributed by atoms with van der Waals surface area (Å²) >= 11 is 0. The molecule has 0 fully saturated rings. The molecule has 1 rings (SSSR count). The number of hydrogen-bond acceptors (Lipinski definition) is 3. The van der Waals surface area contributed by atoms with Crippen LogP contribution in [-0.2, 0) is 6.54 Å². The van der Waals surface area contributed by atoms with Gasteiger partial charge in [0.2, 0.25) is 0 Å². The number of nitrogens with zero attached hydrogens (tertiary/aromatic N) is 2. The fourth-order valence-corrected chi connectivity index (χ4v) is 1.13. The fourth-order valence-electron chi connectivity index (χ4n) is 1.13. The summed E-state index contributed by atoms with van der Waals surface area (Å²) in [6.45, 7) is 6.71. The summed E-state index contributed by atoms with van der Waals surface area (Å²) in [5.74, 6) is -0.824. The number of carbonyl (C=O) groups is 1. The molecular formula is C9H15N3O2. The maximum Gasteiger partial charge on any atom is 0.341 e. The molecule has 0 bridgehead atoms. The Balaban J connectivity index is 2.96. The molecule has 5 nitrogen and oxygen atoms in total. The predicted octanol–water partition coefficient (Wildman–Crippen LogP) is 1.21. The average Bonchev–Trinajstić information content (AvgIpc) is 2.29. The first-order chi connectivity index (χ1) is 6.31. The highest BCUT2D eigenvalue weighted by Crippen LogP contribution is 2.19. The van der Waals surface area contributed by atoms with E-state index in [9.17, 15) is 4.79 Å². The lowest BCUT2D eigenvalue weighted by atomic mass is 9.97. The van der Waals surface area contributed by atoms with Gasteiger partial charge < -0.3 is 10.8 Å². The van der Waals surface area contributed by atoms with E-state index < -0.39 is 5.97 Å². The third-order valence-corrected chi connectivity index (χ3v) is 1.73. The molecule has 0 atom stereocenters. The van der Waals surface area contributed by atoms with Gasteiger partial charge >= 0.3 is 5.97 Å². The summed E-state index contributed by atoms with van der Waals surface area (Å²) in [5.41, 5.74) is 5.72. The van der Waals surface area contributed by atoms with Crippen molar-refractivity contribution < 1.29 is 9.90 Å². The molecule has 0 aliphatic rings. The lowest BCUT2D eigenvalue weighted by molar-refractivity contribution is 0.0698. The van der Waals surface area contributed by atoms with Crippen LogP contribution in [0.5, 0.6) is 0 Å². The van der Waals surface area contributed by atoms with Gasteiger partial charge in [0, 0.05) is 6.54 Å². The molecule has 1 aromatic heterocycles. The van der Waals surface area contributed by atoms with E-state index in [0.717, 1.165) is 0 Å². The summed E-state index contributed by atoms with van der Waals surface area (Å²) in [7, 11) is 0. The maximum atomic E-state index is 10.7. The van der Waals surface area contributed by atoms with Crippen LogP contribution in [0.15, 0.2) is 6.20 Å². The first kappa shape index (κ1) is 10.6. The molecule has 78 valence electrons. The summed E-state index contributed by atoms with van der Waals surface area (Å²) < 4.78 is 1.52. The molecule has 3 N–H and O–H groups in total. The van der Waals surface area contributed by atoms with Gasteiger partial charge in [-0.15, -0.1) is 0 Å². The van der Waals surface area contributed by atoms with Gasteiger partial charge in [-0.1, -0.05) is 20.8 Å². The Labute approximate surface area is 82.5 Å². The monoisotopic (exact) mass is 197 g/mol. The van der Waals surface area contributed by atoms with Crippen LogP contribution in [0.2, 0.25) is 0 Å². The Kier molecular flexibility index (Phi) is 2.51. The van der Waals surface area contributed by atoms with E-state index in [4.69, 9.17) is 10.8 Å². The minimum atomic E-state index is -1.04. The van der Waals surface area contributed by atoms with Crippen LogP contribution in [0.4, 0.5) is 5.82 Å². The quantitative estimate of drug-likeness (QED) is 0.746. The van der Waals surface area contributed by atoms with E-state index in [1.165, 1.54) is 10.9 Å². The van der Waals surface area contributed by atoms with Crippen molar-refractivity contribution in [1.29, 1.82) is 0 Å². The summed E-state index contributed by atoms with van der Waals surface area (Å²) in [6.07, 6.45) is 1.28. The molecule has 0 aliphatic heterocycles. The molecule has 0 saturated carbocycles. The zero-order chi connectivity index (χ0) is 10.9. The van der Waals surface area contributed by atoms with Crippen LogP contribution >= 0.6 is 0 Å². The minimum absolute atomic E-state index is 0.0237. The van der Waals surface area contributed by atoms with Gasteiger partial charge in [-0.25, -0.2) is 9.48 Å². The van der Waals surface area contributed by atoms with E-state index in [1.807, 2.05) is 20.8 Å². The van der Waals surface area contributed by atoms with Crippen molar-refractivity contribution in [1.82, 2.24) is 9.78 Å². The van der Waals surface area contributed by atoms with E-state index in [-0.39, 0.29) is 16.8 Å². The van der Waals surface area contributed by atoms with E-state index in [2.05, 4.69) is 5.10 Å². The first-order valence-corrected chi connectivity index (χ1v) is 4.36. The van der Waals surface area contributed by atoms with Gasteiger partial charge in [-0.2, -0.15) is 5.10 Å². The zero-order valence-electron chi connectivity index (χ0n) is 8.61. The van der Waals surface area contributed by atoms with Crippen molar-refractivity contribution in [3.05, 3.63) is 11.8 Å². The number of hydrogen-bond donors (Lipinski definition) is 2. The molecule has 0 unspecified atom stereocenters. The van der Waals surface area contributed by atoms with Crippen LogP contribution < -0.4 is 5.73 Å².